The lowest BCUT2D eigenvalue weighted by Gasteiger charge is -2.13. The van der Waals surface area contributed by atoms with Crippen molar-refractivity contribution in [2.24, 2.45) is 5.41 Å². The van der Waals surface area contributed by atoms with Crippen molar-refractivity contribution in [2.45, 2.75) is 38.4 Å². The SMILES string of the molecule is Cc1ccc2c(c1)nc(SCC(=O)O)n2CC1(C)CC1. The Kier molecular flexibility index (Phi) is 3.24. The van der Waals surface area contributed by atoms with E-state index in [1.54, 1.807) is 0 Å². The van der Waals surface area contributed by atoms with Gasteiger partial charge in [0.2, 0.25) is 0 Å². The first-order valence-electron chi connectivity index (χ1n) is 6.78. The fourth-order valence-corrected chi connectivity index (χ4v) is 3.09. The van der Waals surface area contributed by atoms with E-state index in [0.29, 0.717) is 5.41 Å². The monoisotopic (exact) mass is 290 g/mol. The van der Waals surface area contributed by atoms with Crippen LogP contribution in [0, 0.1) is 12.3 Å². The van der Waals surface area contributed by atoms with Crippen LogP contribution < -0.4 is 0 Å². The Morgan fingerprint density at radius 1 is 1.50 bits per heavy atom. The second kappa shape index (κ2) is 4.81. The lowest BCUT2D eigenvalue weighted by molar-refractivity contribution is -0.133. The van der Waals surface area contributed by atoms with Crippen LogP contribution in [0.1, 0.15) is 25.3 Å². The molecule has 0 saturated heterocycles. The summed E-state index contributed by atoms with van der Waals surface area (Å²) in [5, 5.41) is 9.69. The number of aromatic nitrogens is 2. The molecule has 1 aliphatic carbocycles. The zero-order valence-electron chi connectivity index (χ0n) is 11.7. The van der Waals surface area contributed by atoms with Gasteiger partial charge >= 0.3 is 5.97 Å². The predicted molar refractivity (Wildman–Crippen MR) is 80.2 cm³/mol. The number of aliphatic carboxylic acids is 1. The number of nitrogens with zero attached hydrogens (tertiary/aromatic N) is 2. The maximum Gasteiger partial charge on any atom is 0.313 e. The first-order chi connectivity index (χ1) is 9.47. The lowest BCUT2D eigenvalue weighted by Crippen LogP contribution is -2.10. The van der Waals surface area contributed by atoms with E-state index in [1.807, 2.05) is 6.92 Å². The van der Waals surface area contributed by atoms with Gasteiger partial charge in [-0.3, -0.25) is 4.79 Å². The Morgan fingerprint density at radius 2 is 2.25 bits per heavy atom. The second-order valence-corrected chi connectivity index (χ2v) is 6.91. The summed E-state index contributed by atoms with van der Waals surface area (Å²) in [5.74, 6) is -0.749. The van der Waals surface area contributed by atoms with Crippen molar-refractivity contribution in [3.8, 4) is 0 Å². The molecule has 1 heterocycles. The Labute approximate surface area is 122 Å². The van der Waals surface area contributed by atoms with Crippen molar-refractivity contribution < 1.29 is 9.90 Å². The highest BCUT2D eigenvalue weighted by atomic mass is 32.2. The maximum atomic E-state index is 10.8. The van der Waals surface area contributed by atoms with Crippen LogP contribution in [0.2, 0.25) is 0 Å². The number of imidazole rings is 1. The third kappa shape index (κ3) is 2.68. The van der Waals surface area contributed by atoms with E-state index < -0.39 is 5.97 Å². The minimum Gasteiger partial charge on any atom is -0.481 e. The van der Waals surface area contributed by atoms with Crippen LogP contribution in [0.3, 0.4) is 0 Å². The summed E-state index contributed by atoms with van der Waals surface area (Å²) < 4.78 is 2.19. The minimum atomic E-state index is -0.803. The Balaban J connectivity index is 2.01. The second-order valence-electron chi connectivity index (χ2n) is 5.97. The summed E-state index contributed by atoms with van der Waals surface area (Å²) in [6.45, 7) is 5.25. The third-order valence-corrected chi connectivity index (χ3v) is 4.80. The van der Waals surface area contributed by atoms with E-state index in [1.165, 1.54) is 30.2 Å². The zero-order chi connectivity index (χ0) is 14.3. The van der Waals surface area contributed by atoms with E-state index in [4.69, 9.17) is 5.11 Å². The topological polar surface area (TPSA) is 55.1 Å². The molecule has 1 aromatic heterocycles. The van der Waals surface area contributed by atoms with E-state index >= 15 is 0 Å². The van der Waals surface area contributed by atoms with E-state index in [2.05, 4.69) is 34.7 Å². The molecule has 106 valence electrons. The van der Waals surface area contributed by atoms with Crippen molar-refractivity contribution in [2.75, 3.05) is 5.75 Å². The van der Waals surface area contributed by atoms with Gasteiger partial charge in [0.25, 0.3) is 0 Å². The van der Waals surface area contributed by atoms with Crippen molar-refractivity contribution in [3.63, 3.8) is 0 Å². The molecule has 20 heavy (non-hydrogen) atoms. The van der Waals surface area contributed by atoms with Crippen LogP contribution in [0.5, 0.6) is 0 Å². The number of hydrogen-bond donors (Lipinski definition) is 1. The summed E-state index contributed by atoms with van der Waals surface area (Å²) in [6.07, 6.45) is 2.48. The molecule has 0 spiro atoms. The smallest absolute Gasteiger partial charge is 0.313 e. The maximum absolute atomic E-state index is 10.8. The molecule has 0 atom stereocenters. The van der Waals surface area contributed by atoms with E-state index in [0.717, 1.165) is 22.7 Å². The molecule has 0 bridgehead atoms. The van der Waals surface area contributed by atoms with Gasteiger partial charge in [-0.2, -0.15) is 0 Å². The standard InChI is InChI=1S/C15H18N2O2S/c1-10-3-4-12-11(7-10)16-14(20-8-13(18)19)17(12)9-15(2)5-6-15/h3-4,7H,5-6,8-9H2,1-2H3,(H,18,19). The highest BCUT2D eigenvalue weighted by Gasteiger charge is 2.38. The molecule has 0 unspecified atom stereocenters. The van der Waals surface area contributed by atoms with Crippen LogP contribution in [-0.2, 0) is 11.3 Å². The van der Waals surface area contributed by atoms with Gasteiger partial charge in [0.15, 0.2) is 5.16 Å². The normalized spacial score (nSPS) is 16.5. The fraction of sp³-hybridized carbons (Fsp3) is 0.467. The minimum absolute atomic E-state index is 0.0546. The first-order valence-corrected chi connectivity index (χ1v) is 7.77. The van der Waals surface area contributed by atoms with Gasteiger partial charge < -0.3 is 9.67 Å². The number of hydrogen-bond acceptors (Lipinski definition) is 3. The van der Waals surface area contributed by atoms with Crippen LogP contribution >= 0.6 is 11.8 Å². The quantitative estimate of drug-likeness (QED) is 0.858. The number of fused-ring (bicyclic) bond motifs is 1. The van der Waals surface area contributed by atoms with Crippen LogP contribution in [0.4, 0.5) is 0 Å². The summed E-state index contributed by atoms with van der Waals surface area (Å²) in [7, 11) is 0. The predicted octanol–water partition coefficient (Wildman–Crippen LogP) is 3.32. The molecular formula is C15H18N2O2S. The summed E-state index contributed by atoms with van der Waals surface area (Å²) >= 11 is 1.31. The van der Waals surface area contributed by atoms with E-state index in [9.17, 15) is 4.79 Å². The zero-order valence-corrected chi connectivity index (χ0v) is 12.5. The fourth-order valence-electron chi connectivity index (χ4n) is 2.36. The molecule has 3 rings (SSSR count). The number of benzene rings is 1. The van der Waals surface area contributed by atoms with Crippen LogP contribution in [-0.4, -0.2) is 26.4 Å². The largest absolute Gasteiger partial charge is 0.481 e. The van der Waals surface area contributed by atoms with Crippen LogP contribution in [0.25, 0.3) is 11.0 Å². The Hall–Kier alpha value is -1.49. The number of carbonyl (C=O) groups is 1. The lowest BCUT2D eigenvalue weighted by atomic mass is 10.1. The highest BCUT2D eigenvalue weighted by Crippen LogP contribution is 2.47. The van der Waals surface area contributed by atoms with Crippen molar-refractivity contribution in [1.29, 1.82) is 0 Å². The molecule has 5 heteroatoms. The molecule has 1 aliphatic rings. The molecule has 0 radical (unpaired) electrons. The summed E-state index contributed by atoms with van der Waals surface area (Å²) in [5.41, 5.74) is 3.60. The van der Waals surface area contributed by atoms with Gasteiger partial charge in [-0.1, -0.05) is 24.8 Å². The number of thioether (sulfide) groups is 1. The highest BCUT2D eigenvalue weighted by molar-refractivity contribution is 7.99. The van der Waals surface area contributed by atoms with Gasteiger partial charge in [0, 0.05) is 6.54 Å². The van der Waals surface area contributed by atoms with Crippen molar-refractivity contribution in [1.82, 2.24) is 9.55 Å². The number of rotatable bonds is 5. The van der Waals surface area contributed by atoms with Gasteiger partial charge in [-0.05, 0) is 42.9 Å². The molecule has 1 N–H and O–H groups in total. The van der Waals surface area contributed by atoms with Gasteiger partial charge in [0.1, 0.15) is 0 Å². The van der Waals surface area contributed by atoms with Gasteiger partial charge in [-0.25, -0.2) is 4.98 Å². The molecule has 4 nitrogen and oxygen atoms in total. The van der Waals surface area contributed by atoms with Crippen LogP contribution in [0.15, 0.2) is 23.4 Å². The number of carboxylic acids is 1. The van der Waals surface area contributed by atoms with Gasteiger partial charge in [-0.15, -0.1) is 0 Å². The first kappa shape index (κ1) is 13.5. The van der Waals surface area contributed by atoms with Gasteiger partial charge in [0.05, 0.1) is 16.8 Å². The summed E-state index contributed by atoms with van der Waals surface area (Å²) in [6, 6.07) is 6.24. The summed E-state index contributed by atoms with van der Waals surface area (Å²) in [4.78, 5) is 15.4. The Morgan fingerprint density at radius 3 is 2.90 bits per heavy atom. The van der Waals surface area contributed by atoms with Crippen molar-refractivity contribution in [3.05, 3.63) is 23.8 Å². The molecule has 1 fully saturated rings. The Bertz CT molecular complexity index is 674. The number of carboxylic acid groups (broad SMARTS) is 1. The third-order valence-electron chi connectivity index (χ3n) is 3.84. The number of aryl methyl sites for hydroxylation is 1. The average molecular weight is 290 g/mol. The molecule has 1 saturated carbocycles. The van der Waals surface area contributed by atoms with Crippen molar-refractivity contribution >= 4 is 28.8 Å². The molecular weight excluding hydrogens is 272 g/mol. The molecule has 0 aliphatic heterocycles. The van der Waals surface area contributed by atoms with E-state index in [-0.39, 0.29) is 5.75 Å². The molecule has 0 amide bonds. The molecule has 1 aromatic carbocycles. The average Bonchev–Trinajstić information content (AvgIpc) is 3.00. The molecule has 2 aromatic rings.